The van der Waals surface area contributed by atoms with E-state index in [0.717, 1.165) is 73.7 Å². The predicted molar refractivity (Wildman–Crippen MR) is 300 cm³/mol. The highest BCUT2D eigenvalue weighted by atomic mass is 16.6. The molecule has 1 saturated carbocycles. The van der Waals surface area contributed by atoms with Crippen LogP contribution in [0.5, 0.6) is 0 Å². The maximum atomic E-state index is 14.2. The fraction of sp³-hybridized carbons (Fsp3) is 0.509. The quantitative estimate of drug-likeness (QED) is 0.0319. The number of carbonyl (C=O) groups excluding carboxylic acids is 6. The van der Waals surface area contributed by atoms with Crippen molar-refractivity contribution < 1.29 is 58.4 Å². The van der Waals surface area contributed by atoms with Gasteiger partial charge in [0.15, 0.2) is 12.0 Å². The van der Waals surface area contributed by atoms with Gasteiger partial charge in [-0.1, -0.05) is 31.1 Å². The molecule has 1 aromatic carbocycles. The molecule has 83 heavy (non-hydrogen) atoms. The molecule has 0 spiro atoms. The molecule has 5 atom stereocenters. The third-order valence-electron chi connectivity index (χ3n) is 16.6. The molecule has 2 saturated heterocycles. The lowest BCUT2D eigenvalue weighted by Crippen LogP contribution is -2.54. The summed E-state index contributed by atoms with van der Waals surface area (Å²) in [4.78, 5) is 113. The van der Waals surface area contributed by atoms with Crippen molar-refractivity contribution in [3.63, 3.8) is 0 Å². The molecule has 26 nitrogen and oxygen atoms in total. The first-order valence-electron chi connectivity index (χ1n) is 28.3. The molecule has 5 amide bonds. The summed E-state index contributed by atoms with van der Waals surface area (Å²) in [6.45, 7) is 8.95. The standard InChI is InChI=1S/C57H70N14O12/c1-34-43-30-60-55(63-49(43)70(37-8-4-5-9-37)53(79)48(34)35(2)72)61-45-15-12-39(29-58-45)67-22-20-66(21-23-67)32-36-33-68(65-64-36)24-26-82-27-25-69(56(81)83-40-10-6-7-18-57(3,19-17-40)54(80)59-31-47(74)75)38-11-13-41-42(28-38)52(78)71(51(41)77)44-14-16-46(73)62-50(44)76/h6,10-13,15,28-30,33,37,40,44,53-54,59,79-80H,4-5,7-9,14,16-27,31-32H2,1-3H3,(H,74,75)(H,62,73,76)(H,58,60,61,63)/b10-6+/t40-,44?,53?,54?,57+/m0/s1. The average Bonchev–Trinajstić information content (AvgIpc) is 3.93. The number of imide groups is 2. The smallest absolute Gasteiger partial charge is 0.414 e. The van der Waals surface area contributed by atoms with Gasteiger partial charge in [-0.25, -0.2) is 19.4 Å². The highest BCUT2D eigenvalue weighted by Gasteiger charge is 2.45. The lowest BCUT2D eigenvalue weighted by Gasteiger charge is -2.40. The number of ketones is 1. The van der Waals surface area contributed by atoms with Crippen LogP contribution in [0, 0.1) is 5.41 Å². The summed E-state index contributed by atoms with van der Waals surface area (Å²) in [7, 11) is 0. The summed E-state index contributed by atoms with van der Waals surface area (Å²) in [5.41, 5.74) is 3.08. The number of carbonyl (C=O) groups is 7. The van der Waals surface area contributed by atoms with Gasteiger partial charge in [0.25, 0.3) is 11.8 Å². The van der Waals surface area contributed by atoms with Gasteiger partial charge in [0.2, 0.25) is 17.8 Å². The van der Waals surface area contributed by atoms with Gasteiger partial charge in [0.05, 0.1) is 61.6 Å². The Bertz CT molecular complexity index is 3190. The minimum atomic E-state index is -1.17. The zero-order chi connectivity index (χ0) is 58.5. The number of pyridine rings is 1. The largest absolute Gasteiger partial charge is 0.480 e. The minimum Gasteiger partial charge on any atom is -0.480 e. The molecule has 3 unspecified atom stereocenters. The van der Waals surface area contributed by atoms with Crippen LogP contribution in [0.25, 0.3) is 5.57 Å². The van der Waals surface area contributed by atoms with Gasteiger partial charge in [0.1, 0.15) is 30.0 Å². The number of benzene rings is 1. The number of fused-ring (bicyclic) bond motifs is 2. The van der Waals surface area contributed by atoms with Crippen LogP contribution in [-0.2, 0) is 41.7 Å². The topological polar surface area (TPSA) is 320 Å². The van der Waals surface area contributed by atoms with Crippen molar-refractivity contribution in [2.45, 2.75) is 129 Å². The number of Topliss-reactive ketones (excluding diaryl/α,β-unsaturated/α-hetero) is 1. The van der Waals surface area contributed by atoms with E-state index >= 15 is 0 Å². The minimum absolute atomic E-state index is 0.0167. The van der Waals surface area contributed by atoms with Gasteiger partial charge in [-0.05, 0) is 101 Å². The van der Waals surface area contributed by atoms with Gasteiger partial charge in [0, 0.05) is 79.8 Å². The SMILES string of the molecule is CC(=O)C1=C(C)c2cnc(Nc3ccc(N4CCN(Cc5cn(CCOCCN(C(=O)O[C@H]6/C=C/CC[C@@](C)(C(O)NCC(=O)O)CC6)c6ccc7c(c6)C(=O)N(C6CCC(=O)NC6=O)C7=O)nn5)CC4)cn3)nc2N(C2CCCC2)C1O. The number of hydrogen-bond donors (Lipinski definition) is 6. The number of aliphatic carboxylic acids is 1. The Labute approximate surface area is 478 Å². The molecule has 26 heteroatoms. The van der Waals surface area contributed by atoms with E-state index in [1.54, 1.807) is 17.0 Å². The number of carboxylic acids is 1. The normalized spacial score (nSPS) is 23.1. The molecule has 6 N–H and O–H groups in total. The fourth-order valence-electron chi connectivity index (χ4n) is 11.9. The van der Waals surface area contributed by atoms with E-state index in [-0.39, 0.29) is 61.2 Å². The lowest BCUT2D eigenvalue weighted by atomic mass is 9.77. The van der Waals surface area contributed by atoms with Gasteiger partial charge < -0.3 is 39.9 Å². The molecule has 6 aliphatic rings. The number of allylic oxidation sites excluding steroid dienone is 2. The number of rotatable bonds is 20. The molecular formula is C57H70N14O12. The van der Waals surface area contributed by atoms with Gasteiger partial charge in [-0.2, -0.15) is 4.98 Å². The second kappa shape index (κ2) is 25.2. The second-order valence-corrected chi connectivity index (χ2v) is 22.2. The van der Waals surface area contributed by atoms with Crippen LogP contribution in [0.2, 0.25) is 0 Å². The molecule has 7 heterocycles. The Morgan fingerprint density at radius 2 is 1.72 bits per heavy atom. The summed E-state index contributed by atoms with van der Waals surface area (Å²) < 4.78 is 13.8. The Morgan fingerprint density at radius 1 is 0.940 bits per heavy atom. The van der Waals surface area contributed by atoms with E-state index in [1.165, 1.54) is 30.0 Å². The number of amides is 5. The van der Waals surface area contributed by atoms with Crippen LogP contribution in [0.4, 0.5) is 33.8 Å². The number of piperidine rings is 1. The van der Waals surface area contributed by atoms with E-state index in [0.29, 0.717) is 67.5 Å². The van der Waals surface area contributed by atoms with Crippen molar-refractivity contribution >= 4 is 76.0 Å². The second-order valence-electron chi connectivity index (χ2n) is 22.2. The van der Waals surface area contributed by atoms with E-state index in [4.69, 9.17) is 19.6 Å². The summed E-state index contributed by atoms with van der Waals surface area (Å²) in [6.07, 6.45) is 11.0. The molecule has 3 aromatic heterocycles. The first kappa shape index (κ1) is 58.2. The number of piperazine rings is 1. The third kappa shape index (κ3) is 13.0. The van der Waals surface area contributed by atoms with E-state index in [9.17, 15) is 43.8 Å². The summed E-state index contributed by atoms with van der Waals surface area (Å²) in [5, 5.41) is 48.3. The van der Waals surface area contributed by atoms with Gasteiger partial charge in [-0.15, -0.1) is 5.10 Å². The molecule has 2 aliphatic carbocycles. The van der Waals surface area contributed by atoms with Gasteiger partial charge >= 0.3 is 12.1 Å². The van der Waals surface area contributed by atoms with Crippen LogP contribution >= 0.6 is 0 Å². The van der Waals surface area contributed by atoms with Crippen LogP contribution < -0.4 is 30.7 Å². The zero-order valence-corrected chi connectivity index (χ0v) is 46.7. The molecule has 440 valence electrons. The summed E-state index contributed by atoms with van der Waals surface area (Å²) >= 11 is 0. The Balaban J connectivity index is 0.718. The number of aromatic nitrogens is 6. The molecule has 0 bridgehead atoms. The molecule has 4 aliphatic heterocycles. The summed E-state index contributed by atoms with van der Waals surface area (Å²) in [6, 6.07) is 7.12. The molecule has 3 fully saturated rings. The average molecular weight is 1140 g/mol. The van der Waals surface area contributed by atoms with E-state index < -0.39 is 72.3 Å². The number of ether oxygens (including phenoxy) is 2. The van der Waals surface area contributed by atoms with Crippen LogP contribution in [0.3, 0.4) is 0 Å². The van der Waals surface area contributed by atoms with E-state index in [2.05, 4.69) is 46.0 Å². The Morgan fingerprint density at radius 3 is 2.46 bits per heavy atom. The first-order valence-corrected chi connectivity index (χ1v) is 28.3. The molecule has 10 rings (SSSR count). The number of carboxylic acid groups (broad SMARTS) is 1. The van der Waals surface area contributed by atoms with Crippen molar-refractivity contribution in [2.24, 2.45) is 5.41 Å². The Kier molecular flexibility index (Phi) is 17.7. The van der Waals surface area contributed by atoms with Crippen molar-refractivity contribution in [1.82, 2.24) is 50.4 Å². The monoisotopic (exact) mass is 1140 g/mol. The fourth-order valence-corrected chi connectivity index (χ4v) is 11.9. The first-order chi connectivity index (χ1) is 39.9. The number of aliphatic hydroxyl groups is 2. The maximum absolute atomic E-state index is 14.2. The highest BCUT2D eigenvalue weighted by molar-refractivity contribution is 6.24. The van der Waals surface area contributed by atoms with Crippen molar-refractivity contribution in [2.75, 3.05) is 72.5 Å². The van der Waals surface area contributed by atoms with Crippen LogP contribution in [-0.4, -0.2) is 180 Å². The number of hydrogen-bond acceptors (Lipinski definition) is 21. The number of aliphatic hydroxyl groups excluding tert-OH is 2. The van der Waals surface area contributed by atoms with Crippen molar-refractivity contribution in [1.29, 1.82) is 0 Å². The number of anilines is 5. The summed E-state index contributed by atoms with van der Waals surface area (Å²) in [5.74, 6) is -2.42. The molecular weight excluding hydrogens is 1070 g/mol. The van der Waals surface area contributed by atoms with E-state index in [1.807, 2.05) is 49.3 Å². The third-order valence-corrected chi connectivity index (χ3v) is 16.6. The van der Waals surface area contributed by atoms with Crippen LogP contribution in [0.1, 0.15) is 117 Å². The van der Waals surface area contributed by atoms with Gasteiger partial charge in [-0.3, -0.25) is 54.1 Å². The predicted octanol–water partition coefficient (Wildman–Crippen LogP) is 3.53. The molecule has 0 radical (unpaired) electrons. The lowest BCUT2D eigenvalue weighted by molar-refractivity contribution is -0.138. The van der Waals surface area contributed by atoms with Crippen molar-refractivity contribution in [3.05, 3.63) is 89.0 Å². The maximum Gasteiger partial charge on any atom is 0.414 e. The number of nitrogens with one attached hydrogen (secondary N) is 3. The van der Waals surface area contributed by atoms with Crippen molar-refractivity contribution in [3.8, 4) is 0 Å². The zero-order valence-electron chi connectivity index (χ0n) is 46.7. The van der Waals surface area contributed by atoms with Crippen LogP contribution in [0.15, 0.2) is 66.6 Å². The Hall–Kier alpha value is -8.04. The molecule has 4 aromatic rings. The number of nitrogens with zero attached hydrogens (tertiary/aromatic N) is 11. The highest BCUT2D eigenvalue weighted by Crippen LogP contribution is 2.42.